The molecule has 2 fully saturated rings. The van der Waals surface area contributed by atoms with Crippen LogP contribution in [0.5, 0.6) is 0 Å². The molecule has 23 heavy (non-hydrogen) atoms. The van der Waals surface area contributed by atoms with E-state index in [0.717, 1.165) is 24.9 Å². The summed E-state index contributed by atoms with van der Waals surface area (Å²) < 4.78 is 0. The zero-order valence-electron chi connectivity index (χ0n) is 12.8. The number of fused-ring (bicyclic) bond motifs is 2. The minimum absolute atomic E-state index is 0.0421. The number of hydrogen-bond acceptors (Lipinski definition) is 3. The fraction of sp³-hybridized carbons (Fsp3) is 0.368. The summed E-state index contributed by atoms with van der Waals surface area (Å²) in [5.74, 6) is 0.285. The summed E-state index contributed by atoms with van der Waals surface area (Å²) in [5, 5.41) is 10.2. The zero-order valence-corrected chi connectivity index (χ0v) is 13.5. The van der Waals surface area contributed by atoms with E-state index in [1.807, 2.05) is 24.4 Å². The lowest BCUT2D eigenvalue weighted by atomic mass is 9.77. The Labute approximate surface area is 141 Å². The summed E-state index contributed by atoms with van der Waals surface area (Å²) >= 11 is 5.92. The zero-order chi connectivity index (χ0) is 15.8. The Bertz CT molecular complexity index is 723. The topological polar surface area (TPSA) is 39.9 Å². The van der Waals surface area contributed by atoms with Gasteiger partial charge in [-0.15, -0.1) is 0 Å². The van der Waals surface area contributed by atoms with E-state index < -0.39 is 0 Å². The molecule has 4 atom stereocenters. The Morgan fingerprint density at radius 1 is 1.13 bits per heavy atom. The van der Waals surface area contributed by atoms with Crippen LogP contribution >= 0.6 is 11.6 Å². The Balaban J connectivity index is 1.64. The SMILES string of the molecule is N#C[C@H]1[C@@H](c2ccc(Cl)nc2)[C@H]2CC[C@@H]1N2Cc1ccccc1. The van der Waals surface area contributed by atoms with Crippen molar-refractivity contribution in [2.75, 3.05) is 0 Å². The van der Waals surface area contributed by atoms with E-state index >= 15 is 0 Å². The molecule has 3 nitrogen and oxygen atoms in total. The van der Waals surface area contributed by atoms with Gasteiger partial charge in [0, 0.05) is 30.7 Å². The minimum atomic E-state index is 0.0421. The number of nitriles is 1. The molecule has 0 saturated carbocycles. The maximum absolute atomic E-state index is 9.74. The van der Waals surface area contributed by atoms with Crippen molar-refractivity contribution in [3.05, 3.63) is 64.9 Å². The van der Waals surface area contributed by atoms with Gasteiger partial charge in [0.15, 0.2) is 0 Å². The molecule has 0 spiro atoms. The Morgan fingerprint density at radius 2 is 1.91 bits per heavy atom. The molecule has 2 bridgehead atoms. The van der Waals surface area contributed by atoms with Crippen LogP contribution in [0, 0.1) is 17.2 Å². The average Bonchev–Trinajstić information content (AvgIpc) is 3.11. The molecule has 2 aliphatic rings. The monoisotopic (exact) mass is 323 g/mol. The second kappa shape index (κ2) is 5.96. The van der Waals surface area contributed by atoms with Crippen LogP contribution in [0.3, 0.4) is 0 Å². The average molecular weight is 324 g/mol. The lowest BCUT2D eigenvalue weighted by Crippen LogP contribution is -2.29. The summed E-state index contributed by atoms with van der Waals surface area (Å²) in [6.07, 6.45) is 4.12. The van der Waals surface area contributed by atoms with Gasteiger partial charge < -0.3 is 0 Å². The molecule has 2 saturated heterocycles. The molecule has 1 aromatic carbocycles. The lowest BCUT2D eigenvalue weighted by molar-refractivity contribution is 0.234. The van der Waals surface area contributed by atoms with Crippen LogP contribution in [0.4, 0.5) is 0 Å². The van der Waals surface area contributed by atoms with Crippen molar-refractivity contribution < 1.29 is 0 Å². The number of nitrogens with zero attached hydrogens (tertiary/aromatic N) is 3. The fourth-order valence-electron chi connectivity index (χ4n) is 4.38. The smallest absolute Gasteiger partial charge is 0.129 e. The van der Waals surface area contributed by atoms with Crippen molar-refractivity contribution in [2.24, 2.45) is 5.92 Å². The summed E-state index contributed by atoms with van der Waals surface area (Å²) in [6.45, 7) is 0.922. The maximum atomic E-state index is 9.74. The van der Waals surface area contributed by atoms with Crippen LogP contribution in [0.1, 0.15) is 29.9 Å². The Hall–Kier alpha value is -1.89. The normalized spacial score (nSPS) is 29.6. The molecule has 0 amide bonds. The van der Waals surface area contributed by atoms with Gasteiger partial charge in [-0.2, -0.15) is 5.26 Å². The van der Waals surface area contributed by atoms with Crippen molar-refractivity contribution in [1.82, 2.24) is 9.88 Å². The van der Waals surface area contributed by atoms with Crippen LogP contribution in [0.15, 0.2) is 48.7 Å². The third-order valence-electron chi connectivity index (χ3n) is 5.32. The quantitative estimate of drug-likeness (QED) is 0.801. The van der Waals surface area contributed by atoms with Crippen LogP contribution in [0.2, 0.25) is 5.15 Å². The number of benzene rings is 1. The van der Waals surface area contributed by atoms with Gasteiger partial charge in [0.25, 0.3) is 0 Å². The Morgan fingerprint density at radius 3 is 2.61 bits per heavy atom. The number of hydrogen-bond donors (Lipinski definition) is 0. The molecule has 4 rings (SSSR count). The molecule has 0 unspecified atom stereocenters. The van der Waals surface area contributed by atoms with Crippen LogP contribution in [0.25, 0.3) is 0 Å². The number of aromatic nitrogens is 1. The lowest BCUT2D eigenvalue weighted by Gasteiger charge is -2.25. The summed E-state index contributed by atoms with van der Waals surface area (Å²) in [4.78, 5) is 6.75. The van der Waals surface area contributed by atoms with Gasteiger partial charge in [-0.3, -0.25) is 4.90 Å². The third kappa shape index (κ3) is 2.52. The van der Waals surface area contributed by atoms with Gasteiger partial charge in [-0.05, 0) is 30.0 Å². The maximum Gasteiger partial charge on any atom is 0.129 e. The van der Waals surface area contributed by atoms with Crippen LogP contribution < -0.4 is 0 Å². The molecule has 1 aromatic heterocycles. The second-order valence-electron chi connectivity index (χ2n) is 6.46. The molecular weight excluding hydrogens is 306 g/mol. The highest BCUT2D eigenvalue weighted by molar-refractivity contribution is 6.29. The van der Waals surface area contributed by atoms with Crippen molar-refractivity contribution in [3.8, 4) is 6.07 Å². The van der Waals surface area contributed by atoms with Gasteiger partial charge in [-0.25, -0.2) is 4.98 Å². The summed E-state index contributed by atoms with van der Waals surface area (Å²) in [6, 6.07) is 17.7. The van der Waals surface area contributed by atoms with Gasteiger partial charge >= 0.3 is 0 Å². The van der Waals surface area contributed by atoms with Gasteiger partial charge in [0.2, 0.25) is 0 Å². The van der Waals surface area contributed by atoms with Crippen molar-refractivity contribution in [1.29, 1.82) is 5.26 Å². The third-order valence-corrected chi connectivity index (χ3v) is 5.54. The highest BCUT2D eigenvalue weighted by Gasteiger charge is 2.53. The standard InChI is InChI=1S/C19H18ClN3/c20-18-9-6-14(11-22-18)19-15(10-21)16-7-8-17(19)23(16)12-13-4-2-1-3-5-13/h1-6,9,11,15-17,19H,7-8,12H2/t15-,16+,17-,19-/m1/s1. The van der Waals surface area contributed by atoms with E-state index in [1.165, 1.54) is 5.56 Å². The van der Waals surface area contributed by atoms with Gasteiger partial charge in [0.1, 0.15) is 5.15 Å². The molecule has 4 heteroatoms. The predicted molar refractivity (Wildman–Crippen MR) is 89.9 cm³/mol. The van der Waals surface area contributed by atoms with E-state index in [9.17, 15) is 5.26 Å². The first-order valence-corrected chi connectivity index (χ1v) is 8.46. The van der Waals surface area contributed by atoms with Crippen molar-refractivity contribution in [3.63, 3.8) is 0 Å². The van der Waals surface area contributed by atoms with E-state index in [4.69, 9.17) is 11.6 Å². The van der Waals surface area contributed by atoms with Crippen molar-refractivity contribution in [2.45, 2.75) is 37.4 Å². The molecule has 2 aromatic rings. The number of halogens is 1. The summed E-state index contributed by atoms with van der Waals surface area (Å²) in [7, 11) is 0. The largest absolute Gasteiger partial charge is 0.291 e. The van der Waals surface area contributed by atoms with E-state index in [2.05, 4.69) is 40.2 Å². The second-order valence-corrected chi connectivity index (χ2v) is 6.85. The molecule has 2 aliphatic heterocycles. The molecule has 3 heterocycles. The first-order valence-electron chi connectivity index (χ1n) is 8.08. The van der Waals surface area contributed by atoms with Gasteiger partial charge in [0.05, 0.1) is 12.0 Å². The summed E-state index contributed by atoms with van der Waals surface area (Å²) in [5.41, 5.74) is 2.46. The van der Waals surface area contributed by atoms with E-state index in [1.54, 1.807) is 0 Å². The number of rotatable bonds is 3. The molecular formula is C19H18ClN3. The first kappa shape index (κ1) is 14.7. The van der Waals surface area contributed by atoms with E-state index in [0.29, 0.717) is 17.2 Å². The minimum Gasteiger partial charge on any atom is -0.291 e. The highest BCUT2D eigenvalue weighted by atomic mass is 35.5. The predicted octanol–water partition coefficient (Wildman–Crippen LogP) is 4.01. The fourth-order valence-corrected chi connectivity index (χ4v) is 4.49. The first-order chi connectivity index (χ1) is 11.3. The Kier molecular flexibility index (Phi) is 3.80. The molecule has 0 N–H and O–H groups in total. The van der Waals surface area contributed by atoms with Gasteiger partial charge in [-0.1, -0.05) is 48.0 Å². The molecule has 0 aliphatic carbocycles. The van der Waals surface area contributed by atoms with E-state index in [-0.39, 0.29) is 11.8 Å². The highest BCUT2D eigenvalue weighted by Crippen LogP contribution is 2.50. The van der Waals surface area contributed by atoms with Crippen LogP contribution in [-0.4, -0.2) is 22.0 Å². The molecule has 116 valence electrons. The number of pyridine rings is 1. The molecule has 0 radical (unpaired) electrons. The van der Waals surface area contributed by atoms with Crippen LogP contribution in [-0.2, 0) is 6.54 Å². The van der Waals surface area contributed by atoms with Crippen molar-refractivity contribution >= 4 is 11.6 Å².